The van der Waals surface area contributed by atoms with Crippen LogP contribution < -0.4 is 5.32 Å². The van der Waals surface area contributed by atoms with Gasteiger partial charge in [0.2, 0.25) is 5.91 Å². The highest BCUT2D eigenvalue weighted by atomic mass is 16.4. The predicted molar refractivity (Wildman–Crippen MR) is 76.3 cm³/mol. The summed E-state index contributed by atoms with van der Waals surface area (Å²) in [6, 6.07) is 3.82. The van der Waals surface area contributed by atoms with E-state index in [1.807, 2.05) is 24.3 Å². The number of carboxylic acids is 1. The summed E-state index contributed by atoms with van der Waals surface area (Å²) >= 11 is 0. The van der Waals surface area contributed by atoms with E-state index in [1.54, 1.807) is 12.4 Å². The summed E-state index contributed by atoms with van der Waals surface area (Å²) in [4.78, 5) is 27.6. The van der Waals surface area contributed by atoms with E-state index in [0.29, 0.717) is 6.54 Å². The third-order valence-corrected chi connectivity index (χ3v) is 4.51. The molecule has 4 atom stereocenters. The third-order valence-electron chi connectivity index (χ3n) is 4.51. The summed E-state index contributed by atoms with van der Waals surface area (Å²) in [5, 5.41) is 12.2. The van der Waals surface area contributed by atoms with Gasteiger partial charge in [-0.3, -0.25) is 14.6 Å². The van der Waals surface area contributed by atoms with E-state index in [1.165, 1.54) is 0 Å². The number of carbonyl (C=O) groups is 2. The molecule has 0 unspecified atom stereocenters. The van der Waals surface area contributed by atoms with Crippen molar-refractivity contribution in [3.05, 3.63) is 42.2 Å². The second kappa shape index (κ2) is 5.68. The summed E-state index contributed by atoms with van der Waals surface area (Å²) in [7, 11) is 0. The molecule has 3 rings (SSSR count). The molecule has 5 nitrogen and oxygen atoms in total. The van der Waals surface area contributed by atoms with E-state index < -0.39 is 17.8 Å². The average molecular weight is 286 g/mol. The van der Waals surface area contributed by atoms with Crippen LogP contribution in [0.15, 0.2) is 36.7 Å². The zero-order valence-electron chi connectivity index (χ0n) is 11.6. The molecule has 21 heavy (non-hydrogen) atoms. The molecular formula is C16H18N2O3. The minimum atomic E-state index is -0.860. The molecule has 1 fully saturated rings. The molecule has 110 valence electrons. The van der Waals surface area contributed by atoms with Gasteiger partial charge in [0.05, 0.1) is 11.8 Å². The Morgan fingerprint density at radius 2 is 1.86 bits per heavy atom. The molecule has 2 aliphatic rings. The number of pyridine rings is 1. The van der Waals surface area contributed by atoms with Crippen molar-refractivity contribution in [2.75, 3.05) is 6.54 Å². The van der Waals surface area contributed by atoms with Gasteiger partial charge in [0, 0.05) is 18.9 Å². The number of fused-ring (bicyclic) bond motifs is 2. The monoisotopic (exact) mass is 286 g/mol. The summed E-state index contributed by atoms with van der Waals surface area (Å²) in [6.45, 7) is 0.521. The molecule has 0 aliphatic heterocycles. The second-order valence-electron chi connectivity index (χ2n) is 5.73. The number of allylic oxidation sites excluding steroid dienone is 2. The summed E-state index contributed by atoms with van der Waals surface area (Å²) in [6.07, 6.45) is 8.90. The van der Waals surface area contributed by atoms with Gasteiger partial charge in [0.1, 0.15) is 0 Å². The molecule has 2 aliphatic carbocycles. The lowest BCUT2D eigenvalue weighted by molar-refractivity contribution is -0.147. The molecule has 1 aromatic rings. The van der Waals surface area contributed by atoms with E-state index in [2.05, 4.69) is 10.3 Å². The Kier molecular flexibility index (Phi) is 3.73. The molecule has 0 aromatic carbocycles. The normalized spacial score (nSPS) is 29.5. The minimum Gasteiger partial charge on any atom is -0.481 e. The topological polar surface area (TPSA) is 79.3 Å². The maximum absolute atomic E-state index is 12.3. The standard InChI is InChI=1S/C16H18N2O3/c19-15(18-8-5-10-3-6-17-7-4-10)13-11-1-2-12(9-11)14(13)16(20)21/h1-4,6-7,11-14H,5,8-9H2,(H,18,19)(H,20,21)/t11-,12-,13+,14+/m0/s1. The van der Waals surface area contributed by atoms with Gasteiger partial charge in [0.15, 0.2) is 0 Å². The fourth-order valence-electron chi connectivity index (χ4n) is 3.51. The van der Waals surface area contributed by atoms with E-state index in [0.717, 1.165) is 18.4 Å². The van der Waals surface area contributed by atoms with Crippen LogP contribution in [0.2, 0.25) is 0 Å². The van der Waals surface area contributed by atoms with Gasteiger partial charge in [-0.15, -0.1) is 0 Å². The summed E-state index contributed by atoms with van der Waals surface area (Å²) < 4.78 is 0. The molecule has 1 saturated carbocycles. The van der Waals surface area contributed by atoms with Gasteiger partial charge in [-0.25, -0.2) is 0 Å². The molecule has 0 radical (unpaired) electrons. The van der Waals surface area contributed by atoms with Crippen LogP contribution in [-0.4, -0.2) is 28.5 Å². The molecule has 0 saturated heterocycles. The van der Waals surface area contributed by atoms with Crippen LogP contribution in [0.1, 0.15) is 12.0 Å². The number of hydrogen-bond acceptors (Lipinski definition) is 3. The SMILES string of the molecule is O=C(O)[C@H]1[C@H](C(=O)NCCc2ccncc2)[C@H]2C=C[C@H]1C2. The zero-order valence-corrected chi connectivity index (χ0v) is 11.6. The lowest BCUT2D eigenvalue weighted by Crippen LogP contribution is -2.40. The predicted octanol–water partition coefficient (Wildman–Crippen LogP) is 1.26. The van der Waals surface area contributed by atoms with Crippen molar-refractivity contribution < 1.29 is 14.7 Å². The van der Waals surface area contributed by atoms with Crippen molar-refractivity contribution in [1.82, 2.24) is 10.3 Å². The fourth-order valence-corrected chi connectivity index (χ4v) is 3.51. The Morgan fingerprint density at radius 3 is 2.52 bits per heavy atom. The number of aliphatic carboxylic acids is 1. The first-order valence-electron chi connectivity index (χ1n) is 7.24. The quantitative estimate of drug-likeness (QED) is 0.799. The average Bonchev–Trinajstić information content (AvgIpc) is 3.08. The van der Waals surface area contributed by atoms with Gasteiger partial charge < -0.3 is 10.4 Å². The van der Waals surface area contributed by atoms with Crippen molar-refractivity contribution in [1.29, 1.82) is 0 Å². The number of nitrogens with one attached hydrogen (secondary N) is 1. The molecular weight excluding hydrogens is 268 g/mol. The van der Waals surface area contributed by atoms with Crippen LogP contribution >= 0.6 is 0 Å². The van der Waals surface area contributed by atoms with E-state index >= 15 is 0 Å². The Bertz CT molecular complexity index is 570. The van der Waals surface area contributed by atoms with Crippen molar-refractivity contribution in [3.8, 4) is 0 Å². The molecule has 2 bridgehead atoms. The van der Waals surface area contributed by atoms with Crippen LogP contribution in [0.25, 0.3) is 0 Å². The summed E-state index contributed by atoms with van der Waals surface area (Å²) in [5.41, 5.74) is 1.10. The first-order chi connectivity index (χ1) is 10.2. The number of hydrogen-bond donors (Lipinski definition) is 2. The van der Waals surface area contributed by atoms with Gasteiger partial charge >= 0.3 is 5.97 Å². The van der Waals surface area contributed by atoms with Crippen molar-refractivity contribution in [2.24, 2.45) is 23.7 Å². The van der Waals surface area contributed by atoms with Crippen LogP contribution in [0.3, 0.4) is 0 Å². The van der Waals surface area contributed by atoms with Crippen LogP contribution in [-0.2, 0) is 16.0 Å². The largest absolute Gasteiger partial charge is 0.481 e. The maximum Gasteiger partial charge on any atom is 0.307 e. The Morgan fingerprint density at radius 1 is 1.19 bits per heavy atom. The zero-order chi connectivity index (χ0) is 14.8. The maximum atomic E-state index is 12.3. The first kappa shape index (κ1) is 13.8. The van der Waals surface area contributed by atoms with Crippen LogP contribution in [0.4, 0.5) is 0 Å². The lowest BCUT2D eigenvalue weighted by atomic mass is 9.82. The number of carboxylic acid groups (broad SMARTS) is 1. The highest BCUT2D eigenvalue weighted by molar-refractivity contribution is 5.86. The van der Waals surface area contributed by atoms with Gasteiger partial charge in [-0.1, -0.05) is 12.2 Å². The number of rotatable bonds is 5. The van der Waals surface area contributed by atoms with Gasteiger partial charge in [-0.05, 0) is 42.4 Å². The number of amides is 1. The van der Waals surface area contributed by atoms with E-state index in [4.69, 9.17) is 0 Å². The van der Waals surface area contributed by atoms with Gasteiger partial charge in [-0.2, -0.15) is 0 Å². The number of carbonyl (C=O) groups excluding carboxylic acids is 1. The number of nitrogens with zero attached hydrogens (tertiary/aromatic N) is 1. The minimum absolute atomic E-state index is 0.0171. The van der Waals surface area contributed by atoms with Crippen molar-refractivity contribution in [3.63, 3.8) is 0 Å². The van der Waals surface area contributed by atoms with Crippen LogP contribution in [0.5, 0.6) is 0 Å². The van der Waals surface area contributed by atoms with Gasteiger partial charge in [0.25, 0.3) is 0 Å². The highest BCUT2D eigenvalue weighted by Gasteiger charge is 2.51. The highest BCUT2D eigenvalue weighted by Crippen LogP contribution is 2.48. The Hall–Kier alpha value is -2.17. The van der Waals surface area contributed by atoms with Crippen molar-refractivity contribution in [2.45, 2.75) is 12.8 Å². The second-order valence-corrected chi connectivity index (χ2v) is 5.73. The molecule has 0 spiro atoms. The molecule has 1 amide bonds. The van der Waals surface area contributed by atoms with Crippen LogP contribution in [0, 0.1) is 23.7 Å². The molecule has 5 heteroatoms. The van der Waals surface area contributed by atoms with E-state index in [-0.39, 0.29) is 17.7 Å². The first-order valence-corrected chi connectivity index (χ1v) is 7.24. The number of aromatic nitrogens is 1. The lowest BCUT2D eigenvalue weighted by Gasteiger charge is -2.23. The Labute approximate surface area is 123 Å². The van der Waals surface area contributed by atoms with E-state index in [9.17, 15) is 14.7 Å². The van der Waals surface area contributed by atoms with Crippen molar-refractivity contribution >= 4 is 11.9 Å². The summed E-state index contributed by atoms with van der Waals surface area (Å²) in [5.74, 6) is -1.88. The Balaban J connectivity index is 1.58. The third kappa shape index (κ3) is 2.68. The molecule has 1 heterocycles. The smallest absolute Gasteiger partial charge is 0.307 e. The molecule has 1 aromatic heterocycles. The fraction of sp³-hybridized carbons (Fsp3) is 0.438. The molecule has 2 N–H and O–H groups in total.